The van der Waals surface area contributed by atoms with Crippen molar-refractivity contribution in [3.8, 4) is 17.7 Å². The zero-order valence-corrected chi connectivity index (χ0v) is 26.5. The van der Waals surface area contributed by atoms with Gasteiger partial charge in [0.1, 0.15) is 12.7 Å². The SMILES string of the molecule is CC(=O)OC[C@H]1OC(Oc2n[nH]c(C(C)C)c2Cc2ccc(C#CCCC(=O)O)cc2)[C@H](OC(C)=O)[C@@H](OC(C)=O)[C@H]1OC(C)=O. The highest BCUT2D eigenvalue weighted by Crippen LogP contribution is 2.34. The molecule has 1 saturated heterocycles. The fraction of sp³-hybridized carbons (Fsp3) is 0.500. The molecule has 5 atom stereocenters. The van der Waals surface area contributed by atoms with Gasteiger partial charge in [-0.15, -0.1) is 5.10 Å². The summed E-state index contributed by atoms with van der Waals surface area (Å²) in [7, 11) is 0. The highest BCUT2D eigenvalue weighted by Gasteiger charge is 2.53. The Balaban J connectivity index is 1.97. The van der Waals surface area contributed by atoms with E-state index in [1.165, 1.54) is 6.92 Å². The van der Waals surface area contributed by atoms with Crippen molar-refractivity contribution >= 4 is 29.8 Å². The van der Waals surface area contributed by atoms with Gasteiger partial charge in [-0.3, -0.25) is 29.1 Å². The highest BCUT2D eigenvalue weighted by molar-refractivity contribution is 5.69. The van der Waals surface area contributed by atoms with Crippen molar-refractivity contribution in [2.24, 2.45) is 0 Å². The number of hydrogen-bond donors (Lipinski definition) is 2. The summed E-state index contributed by atoms with van der Waals surface area (Å²) in [6, 6.07) is 7.38. The molecule has 1 fully saturated rings. The van der Waals surface area contributed by atoms with Gasteiger partial charge in [0, 0.05) is 57.4 Å². The molecule has 46 heavy (non-hydrogen) atoms. The molecular weight excluding hydrogens is 604 g/mol. The van der Waals surface area contributed by atoms with Gasteiger partial charge in [0.05, 0.1) is 6.42 Å². The molecule has 1 unspecified atom stereocenters. The van der Waals surface area contributed by atoms with Gasteiger partial charge in [0.25, 0.3) is 0 Å². The van der Waals surface area contributed by atoms with Gasteiger partial charge in [-0.05, 0) is 23.6 Å². The number of carbonyl (C=O) groups is 5. The number of carboxylic acid groups (broad SMARTS) is 1. The second-order valence-electron chi connectivity index (χ2n) is 10.8. The van der Waals surface area contributed by atoms with E-state index in [9.17, 15) is 24.0 Å². The Labute approximate surface area is 266 Å². The Morgan fingerprint density at radius 2 is 1.52 bits per heavy atom. The molecule has 0 aliphatic carbocycles. The Morgan fingerprint density at radius 3 is 2.09 bits per heavy atom. The van der Waals surface area contributed by atoms with E-state index in [0.29, 0.717) is 12.0 Å². The summed E-state index contributed by atoms with van der Waals surface area (Å²) in [6.07, 6.45) is -6.17. The van der Waals surface area contributed by atoms with Crippen molar-refractivity contribution in [2.75, 3.05) is 6.61 Å². The summed E-state index contributed by atoms with van der Waals surface area (Å²) in [5.74, 6) is 2.09. The molecule has 0 radical (unpaired) electrons. The summed E-state index contributed by atoms with van der Waals surface area (Å²) in [5, 5.41) is 16.1. The topological polar surface area (TPSA) is 190 Å². The zero-order chi connectivity index (χ0) is 34.0. The van der Waals surface area contributed by atoms with Crippen LogP contribution in [-0.2, 0) is 54.1 Å². The molecule has 1 aromatic heterocycles. The lowest BCUT2D eigenvalue weighted by Gasteiger charge is -2.43. The molecule has 2 aromatic rings. The summed E-state index contributed by atoms with van der Waals surface area (Å²) < 4.78 is 33.9. The van der Waals surface area contributed by atoms with Crippen LogP contribution in [0, 0.1) is 11.8 Å². The van der Waals surface area contributed by atoms with Crippen molar-refractivity contribution in [3.63, 3.8) is 0 Å². The fourth-order valence-corrected chi connectivity index (χ4v) is 4.74. The van der Waals surface area contributed by atoms with E-state index in [1.807, 2.05) is 38.1 Å². The number of hydrogen-bond acceptors (Lipinski definition) is 12. The van der Waals surface area contributed by atoms with Crippen molar-refractivity contribution in [3.05, 3.63) is 46.6 Å². The lowest BCUT2D eigenvalue weighted by molar-refractivity contribution is -0.289. The molecule has 1 aliphatic heterocycles. The predicted octanol–water partition coefficient (Wildman–Crippen LogP) is 2.80. The van der Waals surface area contributed by atoms with Crippen molar-refractivity contribution < 1.29 is 57.5 Å². The maximum Gasteiger partial charge on any atom is 0.304 e. The third kappa shape index (κ3) is 10.3. The van der Waals surface area contributed by atoms with Crippen LogP contribution in [0.5, 0.6) is 5.88 Å². The van der Waals surface area contributed by atoms with Crippen LogP contribution in [0.2, 0.25) is 0 Å². The number of nitrogens with zero attached hydrogens (tertiary/aromatic N) is 1. The van der Waals surface area contributed by atoms with Gasteiger partial charge >= 0.3 is 29.8 Å². The van der Waals surface area contributed by atoms with Crippen molar-refractivity contribution in [2.45, 2.75) is 97.4 Å². The van der Waals surface area contributed by atoms with Crippen LogP contribution in [0.4, 0.5) is 0 Å². The van der Waals surface area contributed by atoms with E-state index >= 15 is 0 Å². The molecule has 14 nitrogen and oxygen atoms in total. The number of aliphatic carboxylic acids is 1. The minimum atomic E-state index is -1.44. The molecule has 1 aromatic carbocycles. The summed E-state index contributed by atoms with van der Waals surface area (Å²) in [6.45, 7) is 8.13. The number of benzene rings is 1. The number of esters is 4. The average molecular weight is 643 g/mol. The number of aromatic nitrogens is 2. The molecule has 3 rings (SSSR count). The number of rotatable bonds is 12. The van der Waals surface area contributed by atoms with Gasteiger partial charge in [-0.2, -0.15) is 0 Å². The third-order valence-electron chi connectivity index (χ3n) is 6.65. The number of H-pyrrole nitrogens is 1. The molecule has 2 N–H and O–H groups in total. The third-order valence-corrected chi connectivity index (χ3v) is 6.65. The van der Waals surface area contributed by atoms with E-state index in [2.05, 4.69) is 22.0 Å². The van der Waals surface area contributed by atoms with Crippen LogP contribution in [0.3, 0.4) is 0 Å². The van der Waals surface area contributed by atoms with Crippen molar-refractivity contribution in [1.29, 1.82) is 0 Å². The van der Waals surface area contributed by atoms with Gasteiger partial charge < -0.3 is 33.5 Å². The smallest absolute Gasteiger partial charge is 0.304 e. The molecule has 0 spiro atoms. The van der Waals surface area contributed by atoms with Crippen LogP contribution >= 0.6 is 0 Å². The van der Waals surface area contributed by atoms with E-state index in [0.717, 1.165) is 37.6 Å². The minimum absolute atomic E-state index is 0.00498. The monoisotopic (exact) mass is 642 g/mol. The first-order valence-corrected chi connectivity index (χ1v) is 14.6. The molecule has 0 saturated carbocycles. The maximum atomic E-state index is 12.2. The molecule has 0 amide bonds. The second-order valence-corrected chi connectivity index (χ2v) is 10.8. The highest BCUT2D eigenvalue weighted by atomic mass is 16.7. The standard InChI is InChI=1S/C32H38N2O12/c1-17(2)27-24(15-23-13-11-22(12-14-23)9-7-8-10-26(39)40)31(34-33-27)46-32-30(44-21(6)38)29(43-20(5)37)28(42-19(4)36)25(45-32)16-41-18(3)35/h11-14,17,25,28-30,32H,8,10,15-16H2,1-6H3,(H,33,34)(H,39,40)/t25-,28+,29+,30-,32?/m1/s1. The molecular formula is C32H38N2O12. The van der Waals surface area contributed by atoms with Crippen LogP contribution < -0.4 is 4.74 Å². The average Bonchev–Trinajstić information content (AvgIpc) is 3.35. The first kappa shape index (κ1) is 35.6. The number of carboxylic acids is 1. The normalized spacial score (nSPS) is 20.5. The first-order valence-electron chi connectivity index (χ1n) is 14.6. The van der Waals surface area contributed by atoms with Crippen LogP contribution in [0.25, 0.3) is 0 Å². The Hall–Kier alpha value is -4.90. The number of carbonyl (C=O) groups excluding carboxylic acids is 4. The summed E-state index contributed by atoms with van der Waals surface area (Å²) >= 11 is 0. The predicted molar refractivity (Wildman–Crippen MR) is 158 cm³/mol. The lowest BCUT2D eigenvalue weighted by atomic mass is 9.97. The van der Waals surface area contributed by atoms with E-state index in [4.69, 9.17) is 33.5 Å². The van der Waals surface area contributed by atoms with Gasteiger partial charge in [-0.1, -0.05) is 37.8 Å². The molecule has 248 valence electrons. The van der Waals surface area contributed by atoms with Gasteiger partial charge in [0.15, 0.2) is 12.2 Å². The largest absolute Gasteiger partial charge is 0.481 e. The Bertz CT molecular complexity index is 1470. The Morgan fingerprint density at radius 1 is 0.913 bits per heavy atom. The lowest BCUT2D eigenvalue weighted by Crippen LogP contribution is -2.63. The number of nitrogens with one attached hydrogen (secondary N) is 1. The van der Waals surface area contributed by atoms with Crippen LogP contribution in [0.1, 0.15) is 82.7 Å². The summed E-state index contributed by atoms with van der Waals surface area (Å²) in [5.41, 5.74) is 3.03. The number of ether oxygens (including phenoxy) is 6. The second kappa shape index (κ2) is 16.4. The quantitative estimate of drug-likeness (QED) is 0.195. The first-order chi connectivity index (χ1) is 21.7. The Kier molecular flexibility index (Phi) is 12.7. The fourth-order valence-electron chi connectivity index (χ4n) is 4.74. The van der Waals surface area contributed by atoms with E-state index in [1.54, 1.807) is 0 Å². The van der Waals surface area contributed by atoms with Gasteiger partial charge in [0.2, 0.25) is 18.3 Å². The zero-order valence-electron chi connectivity index (χ0n) is 26.5. The minimum Gasteiger partial charge on any atom is -0.481 e. The van der Waals surface area contributed by atoms with E-state index < -0.39 is 67.2 Å². The van der Waals surface area contributed by atoms with Gasteiger partial charge in [-0.25, -0.2) is 0 Å². The molecule has 1 aliphatic rings. The van der Waals surface area contributed by atoms with Crippen LogP contribution in [0.15, 0.2) is 24.3 Å². The maximum absolute atomic E-state index is 12.2. The summed E-state index contributed by atoms with van der Waals surface area (Å²) in [4.78, 5) is 58.7. The molecule has 0 bridgehead atoms. The molecule has 2 heterocycles. The van der Waals surface area contributed by atoms with Crippen molar-refractivity contribution in [1.82, 2.24) is 10.2 Å². The van der Waals surface area contributed by atoms with E-state index in [-0.39, 0.29) is 24.6 Å². The number of aromatic amines is 1. The molecule has 14 heteroatoms. The van der Waals surface area contributed by atoms with Crippen LogP contribution in [-0.4, -0.2) is 82.5 Å².